The summed E-state index contributed by atoms with van der Waals surface area (Å²) < 4.78 is 19.1. The van der Waals surface area contributed by atoms with Crippen molar-refractivity contribution >= 4 is 63.5 Å². The third-order valence-electron chi connectivity index (χ3n) is 6.07. The van der Waals surface area contributed by atoms with Crippen molar-refractivity contribution in [3.8, 4) is 5.75 Å². The number of nitrogens with zero attached hydrogens (tertiary/aromatic N) is 2. The lowest BCUT2D eigenvalue weighted by molar-refractivity contribution is -0.113. The number of aryl methyl sites for hydroxylation is 2. The molecule has 1 saturated heterocycles. The number of halogens is 3. The van der Waals surface area contributed by atoms with Crippen molar-refractivity contribution in [1.82, 2.24) is 0 Å². The number of benzene rings is 4. The van der Waals surface area contributed by atoms with Crippen LogP contribution in [0.1, 0.15) is 22.3 Å². The summed E-state index contributed by atoms with van der Waals surface area (Å²) in [6, 6.07) is 24.6. The van der Waals surface area contributed by atoms with E-state index in [0.29, 0.717) is 43.8 Å². The Kier molecular flexibility index (Phi) is 8.07. The Morgan fingerprint density at radius 1 is 0.923 bits per heavy atom. The van der Waals surface area contributed by atoms with Crippen molar-refractivity contribution in [2.45, 2.75) is 20.5 Å². The molecule has 0 bridgehead atoms. The quantitative estimate of drug-likeness (QED) is 0.215. The van der Waals surface area contributed by atoms with E-state index in [4.69, 9.17) is 32.9 Å². The van der Waals surface area contributed by atoms with Crippen LogP contribution in [-0.2, 0) is 11.4 Å². The van der Waals surface area contributed by atoms with Crippen LogP contribution in [0, 0.1) is 19.7 Å². The molecular formula is C31H23Cl2FN2O2S. The zero-order valence-corrected chi connectivity index (χ0v) is 23.4. The highest BCUT2D eigenvalue weighted by molar-refractivity contribution is 8.19. The fourth-order valence-electron chi connectivity index (χ4n) is 3.85. The molecule has 196 valence electrons. The highest BCUT2D eigenvalue weighted by atomic mass is 35.5. The van der Waals surface area contributed by atoms with Gasteiger partial charge in [-0.1, -0.05) is 59.6 Å². The van der Waals surface area contributed by atoms with E-state index in [0.717, 1.165) is 22.3 Å². The third kappa shape index (κ3) is 6.36. The number of carbonyl (C=O) groups excluding carboxylic acids is 1. The van der Waals surface area contributed by atoms with Crippen LogP contribution >= 0.6 is 35.0 Å². The number of amides is 1. The molecule has 0 aromatic heterocycles. The van der Waals surface area contributed by atoms with Crippen molar-refractivity contribution in [2.75, 3.05) is 4.90 Å². The summed E-state index contributed by atoms with van der Waals surface area (Å²) in [5, 5.41) is 1.66. The van der Waals surface area contributed by atoms with Crippen LogP contribution in [0.4, 0.5) is 15.8 Å². The van der Waals surface area contributed by atoms with Gasteiger partial charge in [-0.15, -0.1) is 0 Å². The molecule has 0 N–H and O–H groups in total. The average molecular weight is 578 g/mol. The van der Waals surface area contributed by atoms with Crippen molar-refractivity contribution in [1.29, 1.82) is 0 Å². The van der Waals surface area contributed by atoms with Crippen molar-refractivity contribution < 1.29 is 13.9 Å². The van der Waals surface area contributed by atoms with Crippen LogP contribution < -0.4 is 9.64 Å². The zero-order chi connectivity index (χ0) is 27.5. The molecule has 4 aromatic rings. The average Bonchev–Trinajstić information content (AvgIpc) is 3.21. The molecule has 0 spiro atoms. The molecule has 8 heteroatoms. The van der Waals surface area contributed by atoms with Gasteiger partial charge in [0.25, 0.3) is 5.91 Å². The number of aliphatic imine (C=N–C) groups is 1. The molecule has 1 heterocycles. The Balaban J connectivity index is 1.46. The Bertz CT molecular complexity index is 1620. The molecule has 4 aromatic carbocycles. The molecule has 0 atom stereocenters. The maximum absolute atomic E-state index is 13.7. The monoisotopic (exact) mass is 576 g/mol. The topological polar surface area (TPSA) is 41.9 Å². The normalized spacial score (nSPS) is 15.4. The molecule has 1 aliphatic rings. The predicted octanol–water partition coefficient (Wildman–Crippen LogP) is 9.14. The minimum absolute atomic E-state index is 0.213. The molecule has 4 nitrogen and oxygen atoms in total. The van der Waals surface area contributed by atoms with Crippen LogP contribution in [0.15, 0.2) is 94.8 Å². The maximum atomic E-state index is 13.7. The first-order valence-electron chi connectivity index (χ1n) is 12.1. The number of ether oxygens (including phenoxy) is 1. The summed E-state index contributed by atoms with van der Waals surface area (Å²) in [6.07, 6.45) is 1.81. The second-order valence-corrected chi connectivity index (χ2v) is 10.8. The first-order valence-corrected chi connectivity index (χ1v) is 13.7. The molecule has 5 rings (SSSR count). The number of hydrogen-bond donors (Lipinski definition) is 0. The van der Waals surface area contributed by atoms with Crippen LogP contribution in [0.5, 0.6) is 5.75 Å². The number of hydrogen-bond acceptors (Lipinski definition) is 4. The Morgan fingerprint density at radius 3 is 2.36 bits per heavy atom. The van der Waals surface area contributed by atoms with Crippen molar-refractivity contribution in [2.24, 2.45) is 4.99 Å². The maximum Gasteiger partial charge on any atom is 0.271 e. The summed E-state index contributed by atoms with van der Waals surface area (Å²) in [4.78, 5) is 20.5. The van der Waals surface area contributed by atoms with E-state index in [1.807, 2.05) is 68.5 Å². The lowest BCUT2D eigenvalue weighted by Gasteiger charge is -2.16. The van der Waals surface area contributed by atoms with E-state index >= 15 is 0 Å². The van der Waals surface area contributed by atoms with E-state index in [1.165, 1.54) is 23.9 Å². The first kappa shape index (κ1) is 27.0. The molecular weight excluding hydrogens is 554 g/mol. The Morgan fingerprint density at radius 2 is 1.64 bits per heavy atom. The largest absolute Gasteiger partial charge is 0.489 e. The predicted molar refractivity (Wildman–Crippen MR) is 160 cm³/mol. The van der Waals surface area contributed by atoms with E-state index in [-0.39, 0.29) is 11.7 Å². The van der Waals surface area contributed by atoms with Gasteiger partial charge in [0.1, 0.15) is 18.2 Å². The number of anilines is 1. The second-order valence-electron chi connectivity index (χ2n) is 9.00. The standard InChI is InChI=1S/C31H23Cl2FN2O2S/c1-19-6-12-24(16-27(19)32)35-31-36(25-13-7-20(2)28(33)17-25)30(37)29(39-31)15-22-4-3-5-26(14-22)38-18-21-8-10-23(34)11-9-21/h3-17H,18H2,1-2H3/b29-15-,35-31?. The molecule has 1 fully saturated rings. The zero-order valence-electron chi connectivity index (χ0n) is 21.1. The number of amidine groups is 1. The van der Waals surface area contributed by atoms with Gasteiger partial charge in [0, 0.05) is 10.0 Å². The minimum atomic E-state index is -0.290. The second kappa shape index (κ2) is 11.7. The van der Waals surface area contributed by atoms with Gasteiger partial charge in [-0.05, 0) is 102 Å². The minimum Gasteiger partial charge on any atom is -0.489 e. The van der Waals surface area contributed by atoms with Gasteiger partial charge in [0.2, 0.25) is 0 Å². The molecule has 1 aliphatic heterocycles. The van der Waals surface area contributed by atoms with Gasteiger partial charge < -0.3 is 4.74 Å². The first-order chi connectivity index (χ1) is 18.8. The molecule has 39 heavy (non-hydrogen) atoms. The summed E-state index contributed by atoms with van der Waals surface area (Å²) in [5.41, 5.74) is 4.77. The van der Waals surface area contributed by atoms with Gasteiger partial charge in [0.05, 0.1) is 16.3 Å². The highest BCUT2D eigenvalue weighted by Gasteiger charge is 2.35. The van der Waals surface area contributed by atoms with Gasteiger partial charge in [-0.2, -0.15) is 0 Å². The van der Waals surface area contributed by atoms with Gasteiger partial charge >= 0.3 is 0 Å². The highest BCUT2D eigenvalue weighted by Crippen LogP contribution is 2.39. The van der Waals surface area contributed by atoms with Crippen LogP contribution in [-0.4, -0.2) is 11.1 Å². The van der Waals surface area contributed by atoms with Gasteiger partial charge in [-0.3, -0.25) is 9.69 Å². The van der Waals surface area contributed by atoms with Crippen LogP contribution in [0.25, 0.3) is 6.08 Å². The van der Waals surface area contributed by atoms with E-state index < -0.39 is 0 Å². The number of carbonyl (C=O) groups is 1. The van der Waals surface area contributed by atoms with Gasteiger partial charge in [0.15, 0.2) is 5.17 Å². The molecule has 0 radical (unpaired) electrons. The van der Waals surface area contributed by atoms with Gasteiger partial charge in [-0.25, -0.2) is 9.38 Å². The van der Waals surface area contributed by atoms with E-state index in [1.54, 1.807) is 29.2 Å². The lowest BCUT2D eigenvalue weighted by Crippen LogP contribution is -2.28. The summed E-state index contributed by atoms with van der Waals surface area (Å²) in [6.45, 7) is 4.13. The summed E-state index contributed by atoms with van der Waals surface area (Å²) in [5.74, 6) is 0.130. The number of rotatable bonds is 6. The summed E-state index contributed by atoms with van der Waals surface area (Å²) >= 11 is 14.0. The lowest BCUT2D eigenvalue weighted by atomic mass is 10.2. The fourth-order valence-corrected chi connectivity index (χ4v) is 5.20. The third-order valence-corrected chi connectivity index (χ3v) is 7.86. The van der Waals surface area contributed by atoms with Crippen molar-refractivity contribution in [3.63, 3.8) is 0 Å². The smallest absolute Gasteiger partial charge is 0.271 e. The molecule has 0 saturated carbocycles. The summed E-state index contributed by atoms with van der Waals surface area (Å²) in [7, 11) is 0. The van der Waals surface area contributed by atoms with Crippen LogP contribution in [0.2, 0.25) is 10.0 Å². The number of thioether (sulfide) groups is 1. The Labute approximate surface area is 240 Å². The molecule has 0 aliphatic carbocycles. The Hall–Kier alpha value is -3.58. The fraction of sp³-hybridized carbons (Fsp3) is 0.0968. The van der Waals surface area contributed by atoms with E-state index in [9.17, 15) is 9.18 Å². The SMILES string of the molecule is Cc1ccc(N=C2S/C(=C\c3cccc(OCc4ccc(F)cc4)c3)C(=O)N2c2ccc(C)c(Cl)c2)cc1Cl. The van der Waals surface area contributed by atoms with Crippen molar-refractivity contribution in [3.05, 3.63) is 128 Å². The van der Waals surface area contributed by atoms with Crippen LogP contribution in [0.3, 0.4) is 0 Å². The molecule has 1 amide bonds. The molecule has 0 unspecified atom stereocenters. The van der Waals surface area contributed by atoms with E-state index in [2.05, 4.69) is 0 Å².